The number of thioether (sulfide) groups is 1. The second kappa shape index (κ2) is 6.04. The number of hydrogen-bond acceptors (Lipinski definition) is 5. The maximum atomic E-state index is 12.1. The topological polar surface area (TPSA) is 66.9 Å². The van der Waals surface area contributed by atoms with Crippen molar-refractivity contribution in [1.82, 2.24) is 15.3 Å². The zero-order valence-electron chi connectivity index (χ0n) is 10.6. The van der Waals surface area contributed by atoms with Gasteiger partial charge in [-0.25, -0.2) is 4.98 Å². The van der Waals surface area contributed by atoms with Crippen LogP contribution in [0.25, 0.3) is 0 Å². The molecule has 1 fully saturated rings. The summed E-state index contributed by atoms with van der Waals surface area (Å²) in [6.07, 6.45) is 8.59. The molecule has 0 aromatic carbocycles. The van der Waals surface area contributed by atoms with Crippen molar-refractivity contribution in [2.75, 3.05) is 18.6 Å². The quantitative estimate of drug-likeness (QED) is 0.865. The van der Waals surface area contributed by atoms with Gasteiger partial charge < -0.3 is 10.6 Å². The smallest absolute Gasteiger partial charge is 0.271 e. The Kier molecular flexibility index (Phi) is 4.41. The first kappa shape index (κ1) is 13.1. The van der Waals surface area contributed by atoms with Crippen molar-refractivity contribution in [3.8, 4) is 0 Å². The lowest BCUT2D eigenvalue weighted by atomic mass is 10.2. The fourth-order valence-electron chi connectivity index (χ4n) is 2.21. The van der Waals surface area contributed by atoms with Crippen LogP contribution in [0.3, 0.4) is 0 Å². The molecule has 1 aliphatic carbocycles. The summed E-state index contributed by atoms with van der Waals surface area (Å²) < 4.78 is 0. The number of carbonyl (C=O) groups is 1. The lowest BCUT2D eigenvalue weighted by Gasteiger charge is -2.18. The standard InChI is InChI=1S/C12H18N4OS/c1-13-11-7-14-6-9(15-11)12(17)16-8-4-3-5-10(8)18-2/h6-8,10H,3-5H2,1-2H3,(H,13,15)(H,16,17). The number of nitrogens with zero attached hydrogens (tertiary/aromatic N) is 2. The molecule has 1 amide bonds. The second-order valence-electron chi connectivity index (χ2n) is 4.32. The third kappa shape index (κ3) is 2.93. The van der Waals surface area contributed by atoms with Gasteiger partial charge in [0.05, 0.1) is 12.4 Å². The summed E-state index contributed by atoms with van der Waals surface area (Å²) in [7, 11) is 1.76. The molecule has 6 heteroatoms. The van der Waals surface area contributed by atoms with Crippen LogP contribution in [0.15, 0.2) is 12.4 Å². The molecule has 0 saturated heterocycles. The highest BCUT2D eigenvalue weighted by molar-refractivity contribution is 7.99. The molecule has 2 unspecified atom stereocenters. The van der Waals surface area contributed by atoms with E-state index in [-0.39, 0.29) is 11.9 Å². The van der Waals surface area contributed by atoms with E-state index in [2.05, 4.69) is 26.9 Å². The monoisotopic (exact) mass is 266 g/mol. The van der Waals surface area contributed by atoms with Crippen molar-refractivity contribution in [3.05, 3.63) is 18.1 Å². The molecule has 0 bridgehead atoms. The minimum Gasteiger partial charge on any atom is -0.372 e. The molecule has 0 spiro atoms. The number of hydrogen-bond donors (Lipinski definition) is 2. The van der Waals surface area contributed by atoms with Crippen LogP contribution in [0.4, 0.5) is 5.82 Å². The Hall–Kier alpha value is -1.30. The molecule has 1 heterocycles. The summed E-state index contributed by atoms with van der Waals surface area (Å²) in [4.78, 5) is 20.3. The number of rotatable bonds is 4. The maximum absolute atomic E-state index is 12.1. The van der Waals surface area contributed by atoms with Crippen molar-refractivity contribution in [1.29, 1.82) is 0 Å². The van der Waals surface area contributed by atoms with Gasteiger partial charge in [-0.2, -0.15) is 11.8 Å². The largest absolute Gasteiger partial charge is 0.372 e. The van der Waals surface area contributed by atoms with E-state index >= 15 is 0 Å². The SMILES string of the molecule is CNc1cncc(C(=O)NC2CCCC2SC)n1. The predicted molar refractivity (Wildman–Crippen MR) is 74.0 cm³/mol. The highest BCUT2D eigenvalue weighted by Crippen LogP contribution is 2.28. The van der Waals surface area contributed by atoms with Gasteiger partial charge >= 0.3 is 0 Å². The van der Waals surface area contributed by atoms with E-state index in [0.29, 0.717) is 16.8 Å². The van der Waals surface area contributed by atoms with Crippen LogP contribution in [0.5, 0.6) is 0 Å². The van der Waals surface area contributed by atoms with Crippen LogP contribution in [-0.4, -0.2) is 40.5 Å². The van der Waals surface area contributed by atoms with Gasteiger partial charge in [0.1, 0.15) is 11.5 Å². The van der Waals surface area contributed by atoms with E-state index in [4.69, 9.17) is 0 Å². The highest BCUT2D eigenvalue weighted by Gasteiger charge is 2.28. The van der Waals surface area contributed by atoms with Crippen LogP contribution < -0.4 is 10.6 Å². The lowest BCUT2D eigenvalue weighted by Crippen LogP contribution is -2.39. The van der Waals surface area contributed by atoms with Crippen molar-refractivity contribution in [2.45, 2.75) is 30.6 Å². The van der Waals surface area contributed by atoms with Crippen molar-refractivity contribution >= 4 is 23.5 Å². The first-order valence-corrected chi connectivity index (χ1v) is 7.37. The summed E-state index contributed by atoms with van der Waals surface area (Å²) in [5.74, 6) is 0.473. The van der Waals surface area contributed by atoms with Crippen LogP contribution in [0.2, 0.25) is 0 Å². The fraction of sp³-hybridized carbons (Fsp3) is 0.583. The number of carbonyl (C=O) groups excluding carboxylic acids is 1. The molecule has 1 saturated carbocycles. The Morgan fingerprint density at radius 2 is 2.28 bits per heavy atom. The van der Waals surface area contributed by atoms with Crippen molar-refractivity contribution < 1.29 is 4.79 Å². The number of nitrogens with one attached hydrogen (secondary N) is 2. The minimum absolute atomic E-state index is 0.134. The van der Waals surface area contributed by atoms with E-state index in [9.17, 15) is 4.79 Å². The van der Waals surface area contributed by atoms with E-state index in [1.807, 2.05) is 11.8 Å². The van der Waals surface area contributed by atoms with Gasteiger partial charge in [-0.05, 0) is 19.1 Å². The second-order valence-corrected chi connectivity index (χ2v) is 5.40. The molecular weight excluding hydrogens is 248 g/mol. The molecule has 18 heavy (non-hydrogen) atoms. The first-order valence-electron chi connectivity index (χ1n) is 6.08. The molecule has 98 valence electrons. The summed E-state index contributed by atoms with van der Waals surface area (Å²) in [6.45, 7) is 0. The van der Waals surface area contributed by atoms with Crippen LogP contribution in [0, 0.1) is 0 Å². The molecule has 1 aromatic heterocycles. The molecule has 5 nitrogen and oxygen atoms in total. The number of anilines is 1. The zero-order chi connectivity index (χ0) is 13.0. The maximum Gasteiger partial charge on any atom is 0.271 e. The van der Waals surface area contributed by atoms with Gasteiger partial charge in [0, 0.05) is 18.3 Å². The van der Waals surface area contributed by atoms with Gasteiger partial charge in [0.2, 0.25) is 0 Å². The lowest BCUT2D eigenvalue weighted by molar-refractivity contribution is 0.0933. The highest BCUT2D eigenvalue weighted by atomic mass is 32.2. The normalized spacial score (nSPS) is 22.8. The minimum atomic E-state index is -0.134. The van der Waals surface area contributed by atoms with E-state index in [1.54, 1.807) is 13.2 Å². The van der Waals surface area contributed by atoms with Gasteiger partial charge in [-0.15, -0.1) is 0 Å². The summed E-state index contributed by atoms with van der Waals surface area (Å²) in [5.41, 5.74) is 0.369. The molecule has 1 aromatic rings. The Labute approximate surface area is 111 Å². The number of amides is 1. The third-order valence-corrected chi connectivity index (χ3v) is 4.36. The van der Waals surface area contributed by atoms with E-state index in [1.165, 1.54) is 19.0 Å². The summed E-state index contributed by atoms with van der Waals surface area (Å²) >= 11 is 1.82. The molecule has 0 aliphatic heterocycles. The van der Waals surface area contributed by atoms with Crippen LogP contribution >= 0.6 is 11.8 Å². The molecule has 2 N–H and O–H groups in total. The van der Waals surface area contributed by atoms with Crippen LogP contribution in [-0.2, 0) is 0 Å². The zero-order valence-corrected chi connectivity index (χ0v) is 11.5. The Bertz CT molecular complexity index is 426. The van der Waals surface area contributed by atoms with Crippen molar-refractivity contribution in [2.24, 2.45) is 0 Å². The van der Waals surface area contributed by atoms with Gasteiger partial charge in [-0.1, -0.05) is 6.42 Å². The Morgan fingerprint density at radius 3 is 3.00 bits per heavy atom. The van der Waals surface area contributed by atoms with Gasteiger partial charge in [0.25, 0.3) is 5.91 Å². The van der Waals surface area contributed by atoms with Gasteiger partial charge in [-0.3, -0.25) is 9.78 Å². The molecule has 1 aliphatic rings. The van der Waals surface area contributed by atoms with E-state index < -0.39 is 0 Å². The average molecular weight is 266 g/mol. The first-order chi connectivity index (χ1) is 8.74. The Morgan fingerprint density at radius 1 is 1.44 bits per heavy atom. The summed E-state index contributed by atoms with van der Waals surface area (Å²) in [5, 5.41) is 6.46. The summed E-state index contributed by atoms with van der Waals surface area (Å²) in [6, 6.07) is 0.257. The molecule has 2 rings (SSSR count). The fourth-order valence-corrected chi connectivity index (χ4v) is 3.15. The average Bonchev–Trinajstić information content (AvgIpc) is 2.86. The molecular formula is C12H18N4OS. The molecule has 0 radical (unpaired) electrons. The van der Waals surface area contributed by atoms with Crippen molar-refractivity contribution in [3.63, 3.8) is 0 Å². The predicted octanol–water partition coefficient (Wildman–Crippen LogP) is 1.53. The van der Waals surface area contributed by atoms with Gasteiger partial charge in [0.15, 0.2) is 0 Å². The molecule has 2 atom stereocenters. The number of aromatic nitrogens is 2. The third-order valence-electron chi connectivity index (χ3n) is 3.20. The Balaban J connectivity index is 2.02. The van der Waals surface area contributed by atoms with E-state index in [0.717, 1.165) is 6.42 Å². The van der Waals surface area contributed by atoms with Crippen LogP contribution in [0.1, 0.15) is 29.8 Å².